The van der Waals surface area contributed by atoms with Gasteiger partial charge in [0.05, 0.1) is 39.6 Å². The van der Waals surface area contributed by atoms with E-state index in [1.54, 1.807) is 0 Å². The minimum Gasteiger partial charge on any atom is -0.479 e. The summed E-state index contributed by atoms with van der Waals surface area (Å²) in [6.45, 7) is -4.02. The molecule has 24 N–H and O–H groups in total. The van der Waals surface area contributed by atoms with Gasteiger partial charge < -0.3 is 180 Å². The largest absolute Gasteiger partial charge is 0.479 e. The average molecular weight is 1410 g/mol. The Bertz CT molecular complexity index is 2530. The number of carboxylic acids is 1. The summed E-state index contributed by atoms with van der Waals surface area (Å²) >= 11 is 0. The summed E-state index contributed by atoms with van der Waals surface area (Å²) in [7, 11) is -5.54. The average Bonchev–Trinajstić information content (AvgIpc) is 0.781. The van der Waals surface area contributed by atoms with Gasteiger partial charge in [0.25, 0.3) is 0 Å². The lowest BCUT2D eigenvalue weighted by molar-refractivity contribution is -0.389. The molecule has 2 amide bonds. The zero-order valence-electron chi connectivity index (χ0n) is 50.6. The van der Waals surface area contributed by atoms with Crippen LogP contribution in [0.2, 0.25) is 0 Å². The summed E-state index contributed by atoms with van der Waals surface area (Å²) in [5.41, 5.74) is 5.52. The van der Waals surface area contributed by atoms with Gasteiger partial charge in [-0.1, -0.05) is 0 Å². The monoisotopic (exact) mass is 1410 g/mol. The van der Waals surface area contributed by atoms with Crippen LogP contribution in [0.1, 0.15) is 33.1 Å². The van der Waals surface area contributed by atoms with Crippen LogP contribution >= 0.6 is 0 Å². The first kappa shape index (κ1) is 79.3. The number of hydrogen-bond donors (Lipinski definition) is 23. The summed E-state index contributed by atoms with van der Waals surface area (Å²) in [6.07, 6.45) is -66.7. The summed E-state index contributed by atoms with van der Waals surface area (Å²) in [5.74, 6) is -3.86. The molecule has 0 aromatic rings. The Kier molecular flexibility index (Phi) is 29.2. The maximum Gasteiger partial charge on any atom is 0.397 e. The number of nitrogens with one attached hydrogen (secondary N) is 2. The summed E-state index contributed by atoms with van der Waals surface area (Å²) in [6, 6.07) is -3.80. The lowest BCUT2D eigenvalue weighted by atomic mass is 9.93. The second kappa shape index (κ2) is 35.0. The van der Waals surface area contributed by atoms with E-state index in [-0.39, 0.29) is 6.61 Å². The molecule has 7 aliphatic rings. The Labute approximate surface area is 539 Å². The van der Waals surface area contributed by atoms with Gasteiger partial charge in [0.1, 0.15) is 165 Å². The van der Waals surface area contributed by atoms with Crippen LogP contribution in [0.25, 0.3) is 0 Å². The molecule has 0 aromatic carbocycles. The van der Waals surface area contributed by atoms with E-state index in [4.69, 9.17) is 72.0 Å². The maximum absolute atomic E-state index is 12.8. The van der Waals surface area contributed by atoms with Gasteiger partial charge in [-0.2, -0.15) is 8.42 Å². The first-order valence-electron chi connectivity index (χ1n) is 30.0. The second-order valence-corrected chi connectivity index (χ2v) is 24.3. The Morgan fingerprint density at radius 3 is 1.06 bits per heavy atom. The molecule has 0 radical (unpaired) electrons. The third-order valence-corrected chi connectivity index (χ3v) is 17.1. The molecule has 95 heavy (non-hydrogen) atoms. The third kappa shape index (κ3) is 18.6. The number of carboxylic acid groups (broad SMARTS) is 1. The Morgan fingerprint density at radius 2 is 0.716 bits per heavy atom. The van der Waals surface area contributed by atoms with Crippen LogP contribution in [0.3, 0.4) is 0 Å². The van der Waals surface area contributed by atoms with Crippen LogP contribution in [0.15, 0.2) is 0 Å². The number of hydrogen-bond acceptors (Lipinski definition) is 39. The topological polar surface area (TPSA) is 678 Å². The molecule has 0 unspecified atom stereocenters. The first-order chi connectivity index (χ1) is 44.9. The molecule has 7 rings (SSSR count). The first-order valence-corrected chi connectivity index (χ1v) is 31.3. The zero-order valence-corrected chi connectivity index (χ0v) is 51.4. The highest BCUT2D eigenvalue weighted by Gasteiger charge is 2.60. The lowest BCUT2D eigenvalue weighted by Crippen LogP contribution is -2.71. The maximum atomic E-state index is 12.8. The number of ether oxygens (including phenoxy) is 14. The van der Waals surface area contributed by atoms with E-state index < -0.39 is 283 Å². The normalized spacial score (nSPS) is 46.0. The van der Waals surface area contributed by atoms with Crippen LogP contribution < -0.4 is 16.4 Å². The quantitative estimate of drug-likeness (QED) is 0.0244. The molecule has 43 nitrogen and oxygen atoms in total. The molecule has 44 heteroatoms. The van der Waals surface area contributed by atoms with Crippen molar-refractivity contribution in [1.29, 1.82) is 0 Å². The fourth-order valence-electron chi connectivity index (χ4n) is 11.8. The zero-order chi connectivity index (χ0) is 70.2. The van der Waals surface area contributed by atoms with Gasteiger partial charge in [-0.05, 0) is 25.8 Å². The van der Waals surface area contributed by atoms with Gasteiger partial charge in [-0.25, -0.2) is 8.98 Å². The van der Waals surface area contributed by atoms with Crippen LogP contribution in [0.5, 0.6) is 0 Å². The Balaban J connectivity index is 1.07. The molecule has 7 aliphatic heterocycles. The fraction of sp³-hybridized carbons (Fsp3) is 0.941. The number of amides is 2. The van der Waals surface area contributed by atoms with E-state index >= 15 is 0 Å². The number of rotatable bonds is 29. The van der Waals surface area contributed by atoms with Crippen molar-refractivity contribution in [3.05, 3.63) is 0 Å². The van der Waals surface area contributed by atoms with E-state index in [1.807, 2.05) is 0 Å². The molecule has 0 aromatic heterocycles. The third-order valence-electron chi connectivity index (χ3n) is 16.6. The predicted octanol–water partition coefficient (Wildman–Crippen LogP) is -14.9. The Hall–Kier alpha value is -3.04. The lowest BCUT2D eigenvalue weighted by Gasteiger charge is -2.51. The van der Waals surface area contributed by atoms with Gasteiger partial charge in [-0.3, -0.25) is 14.1 Å². The number of aliphatic carboxylic acids is 1. The summed E-state index contributed by atoms with van der Waals surface area (Å²) in [4.78, 5) is 37.5. The van der Waals surface area contributed by atoms with Crippen molar-refractivity contribution < 1.29 is 195 Å². The number of unbranched alkanes of at least 4 members (excludes halogenated alkanes) is 2. The highest BCUT2D eigenvalue weighted by atomic mass is 32.3. The van der Waals surface area contributed by atoms with Crippen molar-refractivity contribution >= 4 is 28.2 Å². The van der Waals surface area contributed by atoms with Crippen molar-refractivity contribution in [3.8, 4) is 0 Å². The molecular formula is C51H87N3O40S. The van der Waals surface area contributed by atoms with E-state index in [1.165, 1.54) is 0 Å². The number of carbonyl (C=O) groups excluding carboxylic acids is 2. The van der Waals surface area contributed by atoms with Crippen molar-refractivity contribution in [2.75, 3.05) is 52.8 Å². The molecule has 552 valence electrons. The number of aliphatic hydroxyl groups excluding tert-OH is 18. The molecule has 7 heterocycles. The predicted molar refractivity (Wildman–Crippen MR) is 293 cm³/mol. The molecular weight excluding hydrogens is 1330 g/mol. The second-order valence-electron chi connectivity index (χ2n) is 23.3. The minimum atomic E-state index is -5.54. The summed E-state index contributed by atoms with van der Waals surface area (Å²) < 4.78 is 117. The van der Waals surface area contributed by atoms with Gasteiger partial charge in [0, 0.05) is 20.5 Å². The van der Waals surface area contributed by atoms with Crippen LogP contribution in [0, 0.1) is 0 Å². The fourth-order valence-corrected chi connectivity index (χ4v) is 12.3. The number of aliphatic hydroxyl groups is 18. The molecule has 7 saturated heterocycles. The standard InChI is InChI=1S/C51H87N3O40S/c1-14(61)53-22-27(66)36(19(11-58)84-46(22)91-40-25(64)17(9-56)83-50(33(40)72)89-38-21(13-60)86-47(30(69)29(38)68)80-7-5-3-4-6-52)87-48-32(71)39(24(63)16(8-55)81-48)90-45-23(54-15(2)62)28(67)37(20(12-59)85-45)88-49-34(73)41(26(65)18(10-57)82-49)92-51-35(74)42(94-95(77,78)79)31(70)43(93-51)44(75)76/h16-43,45-51,55-60,63-74H,3-13,52H2,1-2H3,(H,53,61)(H,54,62)(H,75,76)(H,77,78,79)/t16-,17-,18-,19-,20-,21-,22-,23-,24+,25+,26+,27-,28-,29-,30-,31+,32-,33-,34-,35-,36-,37-,38-,39+,40+,41+,42+,43+,45+,46+,47-,48+,49+,50+,51-/m1/s1. The highest BCUT2D eigenvalue weighted by Crippen LogP contribution is 2.39. The molecule has 0 aliphatic carbocycles. The van der Waals surface area contributed by atoms with Gasteiger partial charge in [0.2, 0.25) is 11.8 Å². The van der Waals surface area contributed by atoms with Crippen molar-refractivity contribution in [3.63, 3.8) is 0 Å². The molecule has 7 fully saturated rings. The minimum absolute atomic E-state index is 0.0674. The van der Waals surface area contributed by atoms with Gasteiger partial charge >= 0.3 is 16.4 Å². The molecule has 0 bridgehead atoms. The van der Waals surface area contributed by atoms with Crippen molar-refractivity contribution in [2.45, 2.75) is 248 Å². The summed E-state index contributed by atoms with van der Waals surface area (Å²) in [5, 5.41) is 214. The molecule has 0 spiro atoms. The van der Waals surface area contributed by atoms with Crippen LogP contribution in [-0.2, 0) is 95.3 Å². The van der Waals surface area contributed by atoms with Crippen molar-refractivity contribution in [2.24, 2.45) is 5.73 Å². The van der Waals surface area contributed by atoms with Crippen molar-refractivity contribution in [1.82, 2.24) is 10.6 Å². The van der Waals surface area contributed by atoms with Gasteiger partial charge in [0.15, 0.2) is 50.1 Å². The van der Waals surface area contributed by atoms with E-state index in [9.17, 15) is 124 Å². The molecule has 35 atom stereocenters. The molecule has 0 saturated carbocycles. The van der Waals surface area contributed by atoms with Crippen LogP contribution in [-0.4, -0.2) is 395 Å². The Morgan fingerprint density at radius 1 is 0.389 bits per heavy atom. The van der Waals surface area contributed by atoms with Gasteiger partial charge in [-0.15, -0.1) is 0 Å². The van der Waals surface area contributed by atoms with E-state index in [0.717, 1.165) is 13.8 Å². The SMILES string of the molecule is CC(=O)N[C@H]1[C@H](O[C@H]2[C@@H](O)[C@@H](CO)O[C@@H](O[C@H]3[C@H](O)[C@@H](O)[C@H](OCCCCCN)O[C@@H]3CO)[C@@H]2O)O[C@H](CO)[C@@H](O[C@@H]2O[C@H](CO)[C@H](O)[C@H](O[C@@H]3O[C@H](CO)[C@@H](O[C@@H]4O[C@H](CO)[C@H](O)[C@H](O[C@@H]5O[C@H](C(=O)O)[C@@H](O)[C@H](OS(=O)(=O)O)[C@H]5O)[C@H]4O)[C@H](O)[C@H]3NC(C)=O)[C@H]2O)[C@@H]1O. The van der Waals surface area contributed by atoms with E-state index in [2.05, 4.69) is 14.8 Å². The smallest absolute Gasteiger partial charge is 0.397 e. The van der Waals surface area contributed by atoms with Crippen LogP contribution in [0.4, 0.5) is 0 Å². The number of carbonyl (C=O) groups is 3. The highest BCUT2D eigenvalue weighted by molar-refractivity contribution is 7.80. The number of nitrogens with two attached hydrogens (primary N) is 1. The van der Waals surface area contributed by atoms with E-state index in [0.29, 0.717) is 25.8 Å².